The maximum absolute atomic E-state index is 15.6. The minimum absolute atomic E-state index is 0.0302. The van der Waals surface area contributed by atoms with Gasteiger partial charge in [0.1, 0.15) is 11.9 Å². The third-order valence-corrected chi connectivity index (χ3v) is 8.98. The van der Waals surface area contributed by atoms with Crippen LogP contribution in [-0.2, 0) is 27.7 Å². The first kappa shape index (κ1) is 34.4. The lowest BCUT2D eigenvalue weighted by atomic mass is 9.99. The first-order chi connectivity index (χ1) is 24.0. The molecule has 1 atom stereocenters. The number of hydrogen-bond acceptors (Lipinski definition) is 9. The van der Waals surface area contributed by atoms with Gasteiger partial charge >= 0.3 is 11.7 Å². The number of halogens is 1. The van der Waals surface area contributed by atoms with Crippen molar-refractivity contribution in [3.63, 3.8) is 0 Å². The Balaban J connectivity index is 1.36. The third kappa shape index (κ3) is 6.86. The monoisotopic (exact) mass is 682 g/mol. The van der Waals surface area contributed by atoms with Crippen molar-refractivity contribution in [2.24, 2.45) is 13.0 Å². The number of esters is 1. The number of benzene rings is 2. The van der Waals surface area contributed by atoms with Gasteiger partial charge in [0.25, 0.3) is 11.5 Å². The van der Waals surface area contributed by atoms with E-state index in [1.807, 2.05) is 18.7 Å². The summed E-state index contributed by atoms with van der Waals surface area (Å²) >= 11 is 0. The number of nitrogens with zero attached hydrogens (tertiary/aromatic N) is 5. The molecule has 0 unspecified atom stereocenters. The molecule has 3 aromatic heterocycles. The van der Waals surface area contributed by atoms with Crippen molar-refractivity contribution in [2.45, 2.75) is 39.7 Å². The van der Waals surface area contributed by atoms with Gasteiger partial charge in [-0.15, -0.1) is 0 Å². The number of carbonyl (C=O) groups is 2. The molecule has 260 valence electrons. The molecule has 0 saturated carbocycles. The van der Waals surface area contributed by atoms with Crippen LogP contribution in [0, 0.1) is 18.7 Å². The van der Waals surface area contributed by atoms with Gasteiger partial charge in [-0.2, -0.15) is 0 Å². The predicted octanol–water partition coefficient (Wildman–Crippen LogP) is 3.85. The summed E-state index contributed by atoms with van der Waals surface area (Å²) in [5.41, 5.74) is 1.40. The molecule has 13 heteroatoms. The molecule has 50 heavy (non-hydrogen) atoms. The van der Waals surface area contributed by atoms with E-state index >= 15 is 4.39 Å². The zero-order chi connectivity index (χ0) is 35.5. The molecule has 4 heterocycles. The molecule has 1 aliphatic rings. The van der Waals surface area contributed by atoms with Crippen LogP contribution in [0.4, 0.5) is 10.1 Å². The number of carbonyl (C=O) groups excluding carboxylic acids is 2. The number of pyridine rings is 2. The number of nitrogens with one attached hydrogen (secondary N) is 1. The summed E-state index contributed by atoms with van der Waals surface area (Å²) in [7, 11) is 1.56. The first-order valence-corrected chi connectivity index (χ1v) is 16.6. The average Bonchev–Trinajstić information content (AvgIpc) is 3.11. The molecule has 0 aliphatic carbocycles. The molecule has 6 rings (SSSR count). The average molecular weight is 683 g/mol. The highest BCUT2D eigenvalue weighted by atomic mass is 19.1. The van der Waals surface area contributed by atoms with Gasteiger partial charge in [0, 0.05) is 50.0 Å². The second-order valence-electron chi connectivity index (χ2n) is 12.8. The lowest BCUT2D eigenvalue weighted by Gasteiger charge is -2.29. The van der Waals surface area contributed by atoms with Crippen LogP contribution in [0.3, 0.4) is 0 Å². The molecular weight excluding hydrogens is 643 g/mol. The van der Waals surface area contributed by atoms with E-state index in [1.165, 1.54) is 23.0 Å². The van der Waals surface area contributed by atoms with Gasteiger partial charge in [-0.25, -0.2) is 18.5 Å². The third-order valence-electron chi connectivity index (χ3n) is 8.98. The Hall–Kier alpha value is -5.43. The molecule has 0 bridgehead atoms. The van der Waals surface area contributed by atoms with E-state index in [1.54, 1.807) is 56.6 Å². The second-order valence-corrected chi connectivity index (χ2v) is 12.8. The molecule has 1 amide bonds. The van der Waals surface area contributed by atoms with E-state index in [-0.39, 0.29) is 30.2 Å². The molecule has 1 saturated heterocycles. The van der Waals surface area contributed by atoms with E-state index in [9.17, 15) is 19.2 Å². The highest BCUT2D eigenvalue weighted by molar-refractivity contribution is 5.99. The van der Waals surface area contributed by atoms with Crippen molar-refractivity contribution >= 4 is 39.4 Å². The number of morpholine rings is 1. The van der Waals surface area contributed by atoms with Gasteiger partial charge in [0.2, 0.25) is 0 Å². The Morgan fingerprint density at radius 2 is 1.84 bits per heavy atom. The van der Waals surface area contributed by atoms with E-state index in [4.69, 9.17) is 9.47 Å². The Kier molecular flexibility index (Phi) is 10.0. The van der Waals surface area contributed by atoms with Gasteiger partial charge in [0.15, 0.2) is 0 Å². The SMILES string of the molecule is Cc1cc(N2CCOCC2)cc(F)c1C(=O)N[C@@H](Cc1ccc(-n2c(=O)c3ccncc3n(C)c2=O)c2ncccc12)C(=O)OCCC(C)C. The molecule has 1 aliphatic heterocycles. The summed E-state index contributed by atoms with van der Waals surface area (Å²) < 4.78 is 29.0. The van der Waals surface area contributed by atoms with Gasteiger partial charge in [-0.1, -0.05) is 26.0 Å². The summed E-state index contributed by atoms with van der Waals surface area (Å²) in [6.45, 7) is 8.09. The zero-order valence-corrected chi connectivity index (χ0v) is 28.4. The Morgan fingerprint density at radius 3 is 2.58 bits per heavy atom. The number of amides is 1. The molecule has 12 nitrogen and oxygen atoms in total. The van der Waals surface area contributed by atoms with Crippen molar-refractivity contribution in [3.05, 3.63) is 104 Å². The molecule has 2 aromatic carbocycles. The van der Waals surface area contributed by atoms with Gasteiger partial charge in [-0.05, 0) is 60.7 Å². The predicted molar refractivity (Wildman–Crippen MR) is 187 cm³/mol. The van der Waals surface area contributed by atoms with E-state index in [0.29, 0.717) is 71.3 Å². The molecule has 1 fully saturated rings. The Bertz CT molecular complexity index is 2180. The fourth-order valence-corrected chi connectivity index (χ4v) is 6.24. The van der Waals surface area contributed by atoms with Crippen molar-refractivity contribution < 1.29 is 23.5 Å². The van der Waals surface area contributed by atoms with Crippen LogP contribution in [0.15, 0.2) is 70.6 Å². The minimum Gasteiger partial charge on any atom is -0.464 e. The standard InChI is InChI=1S/C37H39FN6O6/c1-22(2)10-15-50-36(47)29(41-34(45)32-23(3)18-25(20-28(32)38)43-13-16-49-17-14-43)19-24-7-8-30(33-26(24)6-5-11-40-33)44-35(46)27-9-12-39-21-31(27)42(4)37(44)48/h5-9,11-12,18,20-22,29H,10,13-17,19H2,1-4H3,(H,41,45)/t29-/m0/s1. The number of rotatable bonds is 10. The zero-order valence-electron chi connectivity index (χ0n) is 28.4. The van der Waals surface area contributed by atoms with E-state index in [2.05, 4.69) is 15.3 Å². The van der Waals surface area contributed by atoms with Gasteiger partial charge in [0.05, 0.1) is 53.7 Å². The van der Waals surface area contributed by atoms with E-state index in [0.717, 1.165) is 4.57 Å². The lowest BCUT2D eigenvalue weighted by molar-refractivity contribution is -0.146. The summed E-state index contributed by atoms with van der Waals surface area (Å²) in [4.78, 5) is 64.9. The summed E-state index contributed by atoms with van der Waals surface area (Å²) in [5, 5.41) is 3.60. The van der Waals surface area contributed by atoms with Crippen molar-refractivity contribution in [1.82, 2.24) is 24.4 Å². The molecular formula is C37H39FN6O6. The van der Waals surface area contributed by atoms with Crippen LogP contribution in [0.5, 0.6) is 0 Å². The topological polar surface area (TPSA) is 138 Å². The van der Waals surface area contributed by atoms with Gasteiger partial charge < -0.3 is 19.7 Å². The summed E-state index contributed by atoms with van der Waals surface area (Å²) in [6.07, 6.45) is 5.08. The van der Waals surface area contributed by atoms with Crippen LogP contribution >= 0.6 is 0 Å². The number of hydrogen-bond donors (Lipinski definition) is 1. The fraction of sp³-hybridized carbons (Fsp3) is 0.351. The van der Waals surface area contributed by atoms with Crippen LogP contribution in [0.1, 0.15) is 41.8 Å². The highest BCUT2D eigenvalue weighted by Crippen LogP contribution is 2.26. The number of aromatic nitrogens is 4. The van der Waals surface area contributed by atoms with Crippen molar-refractivity contribution in [2.75, 3.05) is 37.8 Å². The largest absolute Gasteiger partial charge is 0.464 e. The van der Waals surface area contributed by atoms with Crippen LogP contribution in [0.2, 0.25) is 0 Å². The van der Waals surface area contributed by atoms with E-state index < -0.39 is 35.0 Å². The van der Waals surface area contributed by atoms with Crippen molar-refractivity contribution in [1.29, 1.82) is 0 Å². The second kappa shape index (κ2) is 14.6. The maximum Gasteiger partial charge on any atom is 0.335 e. The number of ether oxygens (including phenoxy) is 2. The Labute approximate surface area is 287 Å². The summed E-state index contributed by atoms with van der Waals surface area (Å²) in [6, 6.07) is 10.2. The quantitative estimate of drug-likeness (QED) is 0.218. The fourth-order valence-electron chi connectivity index (χ4n) is 6.24. The number of aryl methyl sites for hydroxylation is 2. The maximum atomic E-state index is 15.6. The molecule has 0 spiro atoms. The van der Waals surface area contributed by atoms with Gasteiger partial charge in [-0.3, -0.25) is 24.1 Å². The minimum atomic E-state index is -1.19. The molecule has 1 N–H and O–H groups in total. The van der Waals surface area contributed by atoms with Crippen LogP contribution in [0.25, 0.3) is 27.5 Å². The molecule has 5 aromatic rings. The highest BCUT2D eigenvalue weighted by Gasteiger charge is 2.28. The number of fused-ring (bicyclic) bond motifs is 2. The lowest BCUT2D eigenvalue weighted by Crippen LogP contribution is -2.44. The van der Waals surface area contributed by atoms with Crippen molar-refractivity contribution in [3.8, 4) is 5.69 Å². The summed E-state index contributed by atoms with van der Waals surface area (Å²) in [5.74, 6) is -1.84. The van der Waals surface area contributed by atoms with Crippen LogP contribution < -0.4 is 21.5 Å². The number of anilines is 1. The normalized spacial score (nSPS) is 13.9. The Morgan fingerprint density at radius 1 is 1.06 bits per heavy atom. The first-order valence-electron chi connectivity index (χ1n) is 16.6. The van der Waals surface area contributed by atoms with Crippen LogP contribution in [-0.4, -0.2) is 69.9 Å². The smallest absolute Gasteiger partial charge is 0.335 e. The molecule has 0 radical (unpaired) electrons.